The average molecular weight is 365 g/mol. The second-order valence-electron chi connectivity index (χ2n) is 7.16. The van der Waals surface area contributed by atoms with Crippen LogP contribution in [0.2, 0.25) is 0 Å². The lowest BCUT2D eigenvalue weighted by Gasteiger charge is -2.35. The predicted octanol–water partition coefficient (Wildman–Crippen LogP) is 2.47. The van der Waals surface area contributed by atoms with Gasteiger partial charge >= 0.3 is 6.03 Å². The molecule has 0 aromatic carbocycles. The van der Waals surface area contributed by atoms with Crippen molar-refractivity contribution in [1.29, 1.82) is 5.26 Å². The molecule has 1 aliphatic heterocycles. The Morgan fingerprint density at radius 3 is 2.67 bits per heavy atom. The fourth-order valence-electron chi connectivity index (χ4n) is 3.48. The van der Waals surface area contributed by atoms with Crippen LogP contribution in [0, 0.1) is 17.2 Å². The van der Waals surface area contributed by atoms with Crippen molar-refractivity contribution in [2.75, 3.05) is 36.4 Å². The zero-order chi connectivity index (χ0) is 18.8. The van der Waals surface area contributed by atoms with E-state index in [9.17, 15) is 4.79 Å². The molecule has 1 atom stereocenters. The molecular weight excluding hydrogens is 342 g/mol. The van der Waals surface area contributed by atoms with Crippen LogP contribution in [-0.4, -0.2) is 51.9 Å². The summed E-state index contributed by atoms with van der Waals surface area (Å²) in [5.74, 6) is 2.27. The first-order valence-corrected chi connectivity index (χ1v) is 9.36. The Hall–Kier alpha value is -3.08. The molecule has 3 heterocycles. The summed E-state index contributed by atoms with van der Waals surface area (Å²) >= 11 is 0. The second kappa shape index (κ2) is 7.27. The second-order valence-corrected chi connectivity index (χ2v) is 7.16. The van der Waals surface area contributed by atoms with Crippen LogP contribution in [0.15, 0.2) is 30.6 Å². The normalized spacial score (nSPS) is 18.1. The molecule has 27 heavy (non-hydrogen) atoms. The van der Waals surface area contributed by atoms with Crippen LogP contribution in [0.25, 0.3) is 0 Å². The molecule has 1 saturated carbocycles. The summed E-state index contributed by atoms with van der Waals surface area (Å²) in [5.41, 5.74) is 0.550. The first kappa shape index (κ1) is 17.3. The minimum absolute atomic E-state index is 0.0906. The average Bonchev–Trinajstić information content (AvgIpc) is 3.47. The highest BCUT2D eigenvalue weighted by Crippen LogP contribution is 2.40. The van der Waals surface area contributed by atoms with Gasteiger partial charge < -0.3 is 9.80 Å². The lowest BCUT2D eigenvalue weighted by molar-refractivity contribution is 0.207. The van der Waals surface area contributed by atoms with Crippen molar-refractivity contribution in [3.8, 4) is 6.07 Å². The predicted molar refractivity (Wildman–Crippen MR) is 101 cm³/mol. The number of carbonyl (C=O) groups is 1. The van der Waals surface area contributed by atoms with E-state index in [1.807, 2.05) is 21.7 Å². The molecule has 0 radical (unpaired) electrons. The van der Waals surface area contributed by atoms with Gasteiger partial charge in [-0.25, -0.2) is 14.5 Å². The standard InChI is InChI=1S/C19H23N7O/c1-14(16-3-4-16)26-18(6-7-22-26)23-19(27)25-10-8-24(9-11-25)17-5-2-15(12-20)13-21-17/h2,5-7,13-14,16H,3-4,8-11H2,1H3,(H,23,27). The van der Waals surface area contributed by atoms with E-state index >= 15 is 0 Å². The van der Waals surface area contributed by atoms with Crippen molar-refractivity contribution in [3.05, 3.63) is 36.2 Å². The molecule has 2 fully saturated rings. The van der Waals surface area contributed by atoms with Crippen molar-refractivity contribution >= 4 is 17.7 Å². The van der Waals surface area contributed by atoms with Crippen LogP contribution < -0.4 is 10.2 Å². The number of urea groups is 1. The van der Waals surface area contributed by atoms with Crippen LogP contribution >= 0.6 is 0 Å². The van der Waals surface area contributed by atoms with E-state index in [0.29, 0.717) is 43.7 Å². The quantitative estimate of drug-likeness (QED) is 0.899. The molecule has 2 aromatic rings. The third-order valence-corrected chi connectivity index (χ3v) is 5.36. The maximum Gasteiger partial charge on any atom is 0.323 e. The molecule has 8 heteroatoms. The molecule has 2 aromatic heterocycles. The topological polar surface area (TPSA) is 90.1 Å². The van der Waals surface area contributed by atoms with Gasteiger partial charge in [0.2, 0.25) is 0 Å². The van der Waals surface area contributed by atoms with Gasteiger partial charge in [0.25, 0.3) is 0 Å². The fourth-order valence-corrected chi connectivity index (χ4v) is 3.48. The van der Waals surface area contributed by atoms with Crippen LogP contribution in [0.4, 0.5) is 16.4 Å². The number of carbonyl (C=O) groups excluding carboxylic acids is 1. The first-order valence-electron chi connectivity index (χ1n) is 9.36. The van der Waals surface area contributed by atoms with Crippen molar-refractivity contribution < 1.29 is 4.79 Å². The van der Waals surface area contributed by atoms with Crippen LogP contribution in [0.5, 0.6) is 0 Å². The van der Waals surface area contributed by atoms with Crippen LogP contribution in [0.1, 0.15) is 31.4 Å². The van der Waals surface area contributed by atoms with Gasteiger partial charge in [0.1, 0.15) is 17.7 Å². The molecule has 2 amide bonds. The Kier molecular flexibility index (Phi) is 4.67. The molecule has 0 spiro atoms. The van der Waals surface area contributed by atoms with E-state index in [4.69, 9.17) is 5.26 Å². The van der Waals surface area contributed by atoms with E-state index in [2.05, 4.69) is 33.3 Å². The number of pyridine rings is 1. The number of piperazine rings is 1. The van der Waals surface area contributed by atoms with Gasteiger partial charge in [-0.1, -0.05) is 0 Å². The van der Waals surface area contributed by atoms with Gasteiger partial charge in [-0.3, -0.25) is 5.32 Å². The molecule has 1 saturated heterocycles. The molecule has 1 aliphatic carbocycles. The van der Waals surface area contributed by atoms with Crippen molar-refractivity contribution in [3.63, 3.8) is 0 Å². The molecular formula is C19H23N7O. The summed E-state index contributed by atoms with van der Waals surface area (Å²) in [4.78, 5) is 20.9. The first-order chi connectivity index (χ1) is 13.2. The Morgan fingerprint density at radius 1 is 1.26 bits per heavy atom. The van der Waals surface area contributed by atoms with E-state index < -0.39 is 0 Å². The van der Waals surface area contributed by atoms with E-state index in [0.717, 1.165) is 11.6 Å². The third-order valence-electron chi connectivity index (χ3n) is 5.36. The van der Waals surface area contributed by atoms with Gasteiger partial charge in [0.05, 0.1) is 17.8 Å². The third kappa shape index (κ3) is 3.72. The molecule has 1 unspecified atom stereocenters. The molecule has 2 aliphatic rings. The number of aromatic nitrogens is 3. The number of hydrogen-bond donors (Lipinski definition) is 1. The van der Waals surface area contributed by atoms with E-state index in [1.54, 1.807) is 18.5 Å². The molecule has 140 valence electrons. The summed E-state index contributed by atoms with van der Waals surface area (Å²) in [6, 6.07) is 7.77. The van der Waals surface area contributed by atoms with Crippen LogP contribution in [-0.2, 0) is 0 Å². The van der Waals surface area contributed by atoms with Gasteiger partial charge in [0, 0.05) is 38.4 Å². The lowest BCUT2D eigenvalue weighted by atomic mass is 10.2. The Balaban J connectivity index is 1.33. The maximum atomic E-state index is 12.7. The summed E-state index contributed by atoms with van der Waals surface area (Å²) in [7, 11) is 0. The van der Waals surface area contributed by atoms with E-state index in [-0.39, 0.29) is 6.03 Å². The molecule has 4 rings (SSSR count). The van der Waals surface area contributed by atoms with Gasteiger partial charge in [-0.2, -0.15) is 10.4 Å². The molecule has 1 N–H and O–H groups in total. The smallest absolute Gasteiger partial charge is 0.323 e. The summed E-state index contributed by atoms with van der Waals surface area (Å²) < 4.78 is 1.92. The zero-order valence-corrected chi connectivity index (χ0v) is 15.4. The SMILES string of the molecule is CC(C1CC1)n1nccc1NC(=O)N1CCN(c2ccc(C#N)cn2)CC1. The minimum atomic E-state index is -0.0906. The van der Waals surface area contributed by atoms with Crippen LogP contribution in [0.3, 0.4) is 0 Å². The number of nitrogens with zero attached hydrogens (tertiary/aromatic N) is 6. The largest absolute Gasteiger partial charge is 0.353 e. The molecule has 0 bridgehead atoms. The summed E-state index contributed by atoms with van der Waals surface area (Å²) in [6.07, 6.45) is 5.79. The number of nitriles is 1. The highest BCUT2D eigenvalue weighted by molar-refractivity contribution is 5.88. The van der Waals surface area contributed by atoms with Gasteiger partial charge in [-0.15, -0.1) is 0 Å². The van der Waals surface area contributed by atoms with Crippen molar-refractivity contribution in [2.45, 2.75) is 25.8 Å². The molecule has 8 nitrogen and oxygen atoms in total. The van der Waals surface area contributed by atoms with Gasteiger partial charge in [0.15, 0.2) is 0 Å². The monoisotopic (exact) mass is 365 g/mol. The fraction of sp³-hybridized carbons (Fsp3) is 0.474. The van der Waals surface area contributed by atoms with Gasteiger partial charge in [-0.05, 0) is 37.8 Å². The van der Waals surface area contributed by atoms with Crippen molar-refractivity contribution in [2.24, 2.45) is 5.92 Å². The van der Waals surface area contributed by atoms with E-state index in [1.165, 1.54) is 12.8 Å². The maximum absolute atomic E-state index is 12.7. The Morgan fingerprint density at radius 2 is 2.04 bits per heavy atom. The number of nitrogens with one attached hydrogen (secondary N) is 1. The summed E-state index contributed by atoms with van der Waals surface area (Å²) in [6.45, 7) is 4.83. The number of hydrogen-bond acceptors (Lipinski definition) is 5. The Bertz CT molecular complexity index is 842. The lowest BCUT2D eigenvalue weighted by Crippen LogP contribution is -2.50. The summed E-state index contributed by atoms with van der Waals surface area (Å²) in [5, 5.41) is 16.3. The Labute approximate surface area is 158 Å². The number of anilines is 2. The zero-order valence-electron chi connectivity index (χ0n) is 15.4. The number of amides is 2. The minimum Gasteiger partial charge on any atom is -0.353 e. The highest BCUT2D eigenvalue weighted by atomic mass is 16.2. The van der Waals surface area contributed by atoms with Crippen molar-refractivity contribution in [1.82, 2.24) is 19.7 Å². The highest BCUT2D eigenvalue weighted by Gasteiger charge is 2.31. The number of rotatable bonds is 4.